The third-order valence-electron chi connectivity index (χ3n) is 5.64. The molecule has 1 aliphatic heterocycles. The molecule has 1 heterocycles. The predicted octanol–water partition coefficient (Wildman–Crippen LogP) is 7.46. The molecule has 3 nitrogen and oxygen atoms in total. The summed E-state index contributed by atoms with van der Waals surface area (Å²) >= 11 is 0. The number of hydrogen-bond donors (Lipinski definition) is 0. The first-order chi connectivity index (χ1) is 14.3. The van der Waals surface area contributed by atoms with E-state index in [1.807, 2.05) is 42.5 Å². The summed E-state index contributed by atoms with van der Waals surface area (Å²) in [6.07, 6.45) is 13.4. The number of carbonyl (C=O) groups excluding carboxylic acids is 1. The number of rotatable bonds is 12. The first-order valence-electron chi connectivity index (χ1n) is 11.3. The van der Waals surface area contributed by atoms with Gasteiger partial charge in [0.15, 0.2) is 0 Å². The largest absolute Gasteiger partial charge is 0.462 e. The van der Waals surface area contributed by atoms with Crippen LogP contribution in [0.15, 0.2) is 42.5 Å². The third kappa shape index (κ3) is 6.35. The molecule has 1 aliphatic rings. The minimum Gasteiger partial charge on any atom is -0.462 e. The summed E-state index contributed by atoms with van der Waals surface area (Å²) in [5, 5.41) is 0. The summed E-state index contributed by atoms with van der Waals surface area (Å²) in [5.74, 6) is 1.40. The van der Waals surface area contributed by atoms with Gasteiger partial charge >= 0.3 is 5.97 Å². The van der Waals surface area contributed by atoms with Gasteiger partial charge in [0.2, 0.25) is 0 Å². The van der Waals surface area contributed by atoms with Gasteiger partial charge in [0, 0.05) is 12.0 Å². The Morgan fingerprint density at radius 3 is 2.24 bits per heavy atom. The zero-order valence-electron chi connectivity index (χ0n) is 17.8. The molecular formula is C26H34O3. The average molecular weight is 395 g/mol. The Bertz CT molecular complexity index is 781. The summed E-state index contributed by atoms with van der Waals surface area (Å²) < 4.78 is 11.5. The molecule has 156 valence electrons. The van der Waals surface area contributed by atoms with Crippen LogP contribution >= 0.6 is 0 Å². The smallest absolute Gasteiger partial charge is 0.338 e. The molecule has 2 aromatic carbocycles. The van der Waals surface area contributed by atoms with Crippen LogP contribution in [0.3, 0.4) is 0 Å². The topological polar surface area (TPSA) is 35.5 Å². The number of para-hydroxylation sites is 1. The zero-order valence-corrected chi connectivity index (χ0v) is 17.8. The van der Waals surface area contributed by atoms with Crippen molar-refractivity contribution < 1.29 is 14.3 Å². The number of unbranched alkanes of at least 4 members (excludes halogenated alkanes) is 9. The Balaban J connectivity index is 1.37. The maximum absolute atomic E-state index is 12.6. The fourth-order valence-corrected chi connectivity index (χ4v) is 3.93. The molecule has 0 unspecified atom stereocenters. The Morgan fingerprint density at radius 2 is 1.48 bits per heavy atom. The van der Waals surface area contributed by atoms with Gasteiger partial charge in [0.05, 0.1) is 12.2 Å². The van der Waals surface area contributed by atoms with E-state index in [1.54, 1.807) is 0 Å². The summed E-state index contributed by atoms with van der Waals surface area (Å²) in [6.45, 7) is 2.75. The molecule has 0 fully saturated rings. The van der Waals surface area contributed by atoms with Crippen LogP contribution in [0.5, 0.6) is 11.5 Å². The molecule has 0 spiro atoms. The molecule has 0 aliphatic carbocycles. The lowest BCUT2D eigenvalue weighted by Gasteiger charge is -2.21. The molecule has 0 N–H and O–H groups in total. The Labute approximate surface area is 175 Å². The number of esters is 1. The van der Waals surface area contributed by atoms with Crippen LogP contribution in [0.25, 0.3) is 0 Å². The normalized spacial score (nSPS) is 12.0. The molecule has 3 heteroatoms. The maximum Gasteiger partial charge on any atom is 0.338 e. The van der Waals surface area contributed by atoms with E-state index in [-0.39, 0.29) is 5.97 Å². The van der Waals surface area contributed by atoms with Crippen LogP contribution in [0.1, 0.15) is 92.6 Å². The molecule has 0 radical (unpaired) electrons. The van der Waals surface area contributed by atoms with Crippen LogP contribution in [0.2, 0.25) is 0 Å². The number of benzene rings is 2. The standard InChI is InChI=1S/C26H34O3/c1-2-3-4-5-6-7-8-9-10-13-19-28-26(27)22-16-14-18-25-23(22)20-21-15-11-12-17-24(21)29-25/h11-12,14-18H,2-10,13,19-20H2,1H3. The van der Waals surface area contributed by atoms with Crippen molar-refractivity contribution in [2.24, 2.45) is 0 Å². The molecule has 0 saturated carbocycles. The second kappa shape index (κ2) is 11.6. The fraction of sp³-hybridized carbons (Fsp3) is 0.500. The quantitative estimate of drug-likeness (QED) is 0.236. The average Bonchev–Trinajstić information content (AvgIpc) is 2.75. The number of fused-ring (bicyclic) bond motifs is 2. The van der Waals surface area contributed by atoms with Crippen molar-refractivity contribution >= 4 is 5.97 Å². The van der Waals surface area contributed by atoms with Crippen LogP contribution in [0, 0.1) is 0 Å². The molecule has 29 heavy (non-hydrogen) atoms. The van der Waals surface area contributed by atoms with Crippen molar-refractivity contribution in [2.75, 3.05) is 6.61 Å². The molecule has 0 aromatic heterocycles. The maximum atomic E-state index is 12.6. The van der Waals surface area contributed by atoms with E-state index in [2.05, 4.69) is 6.92 Å². The lowest BCUT2D eigenvalue weighted by molar-refractivity contribution is 0.0496. The second-order valence-corrected chi connectivity index (χ2v) is 7.99. The lowest BCUT2D eigenvalue weighted by Crippen LogP contribution is -2.13. The molecular weight excluding hydrogens is 360 g/mol. The highest BCUT2D eigenvalue weighted by Crippen LogP contribution is 2.38. The lowest BCUT2D eigenvalue weighted by atomic mass is 9.96. The number of carbonyl (C=O) groups is 1. The molecule has 0 saturated heterocycles. The minimum atomic E-state index is -0.235. The van der Waals surface area contributed by atoms with Gasteiger partial charge in [-0.2, -0.15) is 0 Å². The van der Waals surface area contributed by atoms with Gasteiger partial charge < -0.3 is 9.47 Å². The van der Waals surface area contributed by atoms with Crippen molar-refractivity contribution in [2.45, 2.75) is 77.6 Å². The Kier molecular flexibility index (Phi) is 8.60. The van der Waals surface area contributed by atoms with E-state index in [9.17, 15) is 4.79 Å². The molecule has 0 bridgehead atoms. The van der Waals surface area contributed by atoms with Crippen LogP contribution < -0.4 is 4.74 Å². The number of ether oxygens (including phenoxy) is 2. The van der Waals surface area contributed by atoms with Crippen molar-refractivity contribution in [3.05, 3.63) is 59.2 Å². The zero-order chi connectivity index (χ0) is 20.3. The van der Waals surface area contributed by atoms with Crippen molar-refractivity contribution in [3.63, 3.8) is 0 Å². The van der Waals surface area contributed by atoms with Crippen molar-refractivity contribution in [1.29, 1.82) is 0 Å². The van der Waals surface area contributed by atoms with Crippen molar-refractivity contribution in [1.82, 2.24) is 0 Å². The van der Waals surface area contributed by atoms with E-state index in [0.29, 0.717) is 18.6 Å². The highest BCUT2D eigenvalue weighted by molar-refractivity contribution is 5.92. The van der Waals surface area contributed by atoms with Gasteiger partial charge in [0.1, 0.15) is 11.5 Å². The summed E-state index contributed by atoms with van der Waals surface area (Å²) in [5.41, 5.74) is 2.67. The predicted molar refractivity (Wildman–Crippen MR) is 118 cm³/mol. The van der Waals surface area contributed by atoms with Gasteiger partial charge in [-0.05, 0) is 30.2 Å². The monoisotopic (exact) mass is 394 g/mol. The second-order valence-electron chi connectivity index (χ2n) is 7.99. The molecule has 0 atom stereocenters. The van der Waals surface area contributed by atoms with Crippen LogP contribution in [-0.2, 0) is 11.2 Å². The van der Waals surface area contributed by atoms with E-state index in [4.69, 9.17) is 9.47 Å². The van der Waals surface area contributed by atoms with E-state index in [1.165, 1.54) is 51.4 Å². The SMILES string of the molecule is CCCCCCCCCCCCOC(=O)c1cccc2c1Cc1ccccc1O2. The van der Waals surface area contributed by atoms with E-state index in [0.717, 1.165) is 35.5 Å². The first kappa shape index (κ1) is 21.4. The summed E-state index contributed by atoms with van der Waals surface area (Å²) in [7, 11) is 0. The van der Waals surface area contributed by atoms with Gasteiger partial charge in [-0.25, -0.2) is 4.79 Å². The minimum absolute atomic E-state index is 0.235. The summed E-state index contributed by atoms with van der Waals surface area (Å²) in [4.78, 5) is 12.6. The first-order valence-corrected chi connectivity index (χ1v) is 11.3. The molecule has 3 rings (SSSR count). The third-order valence-corrected chi connectivity index (χ3v) is 5.64. The van der Waals surface area contributed by atoms with Gasteiger partial charge in [0.25, 0.3) is 0 Å². The summed E-state index contributed by atoms with van der Waals surface area (Å²) in [6, 6.07) is 13.6. The van der Waals surface area contributed by atoms with Gasteiger partial charge in [-0.3, -0.25) is 0 Å². The Morgan fingerprint density at radius 1 is 0.828 bits per heavy atom. The van der Waals surface area contributed by atoms with Crippen molar-refractivity contribution in [3.8, 4) is 11.5 Å². The molecule has 0 amide bonds. The van der Waals surface area contributed by atoms with Crippen LogP contribution in [0.4, 0.5) is 0 Å². The highest BCUT2D eigenvalue weighted by atomic mass is 16.5. The van der Waals surface area contributed by atoms with Gasteiger partial charge in [-0.15, -0.1) is 0 Å². The van der Waals surface area contributed by atoms with E-state index >= 15 is 0 Å². The molecule has 2 aromatic rings. The highest BCUT2D eigenvalue weighted by Gasteiger charge is 2.22. The number of hydrogen-bond acceptors (Lipinski definition) is 3. The van der Waals surface area contributed by atoms with E-state index < -0.39 is 0 Å². The van der Waals surface area contributed by atoms with Crippen LogP contribution in [-0.4, -0.2) is 12.6 Å². The van der Waals surface area contributed by atoms with Gasteiger partial charge in [-0.1, -0.05) is 89.0 Å². The Hall–Kier alpha value is -2.29. The fourth-order valence-electron chi connectivity index (χ4n) is 3.93.